The molecule has 0 aliphatic heterocycles. The second-order valence-corrected chi connectivity index (χ2v) is 2.89. The Hall–Kier alpha value is -2.10. The van der Waals surface area contributed by atoms with Crippen molar-refractivity contribution in [2.75, 3.05) is 5.73 Å². The number of hydrogen-bond donors (Lipinski definition) is 1. The Morgan fingerprint density at radius 1 is 1.36 bits per heavy atom. The van der Waals surface area contributed by atoms with Gasteiger partial charge in [0.25, 0.3) is 0 Å². The molecule has 4 heteroatoms. The van der Waals surface area contributed by atoms with E-state index in [0.29, 0.717) is 11.3 Å². The van der Waals surface area contributed by atoms with Crippen molar-refractivity contribution in [3.63, 3.8) is 0 Å². The molecule has 2 aromatic rings. The van der Waals surface area contributed by atoms with E-state index in [-0.39, 0.29) is 0 Å². The Bertz CT molecular complexity index is 462. The van der Waals surface area contributed by atoms with Gasteiger partial charge in [-0.2, -0.15) is 5.10 Å². The summed E-state index contributed by atoms with van der Waals surface area (Å²) in [5.74, 6) is 0. The fourth-order valence-electron chi connectivity index (χ4n) is 1.26. The SMILES string of the molecule is Nc1cnn(-c2ccccc2C=O)c1. The van der Waals surface area contributed by atoms with Crippen LogP contribution in [0.1, 0.15) is 10.4 Å². The van der Waals surface area contributed by atoms with Gasteiger partial charge in [-0.25, -0.2) is 4.68 Å². The number of aromatic nitrogens is 2. The van der Waals surface area contributed by atoms with Crippen molar-refractivity contribution in [3.8, 4) is 5.69 Å². The first kappa shape index (κ1) is 8.50. The van der Waals surface area contributed by atoms with Gasteiger partial charge in [-0.3, -0.25) is 4.79 Å². The molecule has 0 bridgehead atoms. The van der Waals surface area contributed by atoms with Crippen LogP contribution in [0, 0.1) is 0 Å². The molecule has 14 heavy (non-hydrogen) atoms. The molecule has 1 heterocycles. The van der Waals surface area contributed by atoms with Crippen molar-refractivity contribution in [2.24, 2.45) is 0 Å². The molecule has 0 aliphatic carbocycles. The van der Waals surface area contributed by atoms with Crippen LogP contribution < -0.4 is 5.73 Å². The molecular weight excluding hydrogens is 178 g/mol. The number of rotatable bonds is 2. The van der Waals surface area contributed by atoms with Gasteiger partial charge in [0.15, 0.2) is 6.29 Å². The standard InChI is InChI=1S/C10H9N3O/c11-9-5-12-13(6-9)10-4-2-1-3-8(10)7-14/h1-7H,11H2. The zero-order chi connectivity index (χ0) is 9.97. The summed E-state index contributed by atoms with van der Waals surface area (Å²) >= 11 is 0. The lowest BCUT2D eigenvalue weighted by atomic mass is 10.2. The molecule has 2 rings (SSSR count). The monoisotopic (exact) mass is 187 g/mol. The number of carbonyl (C=O) groups is 1. The molecule has 0 saturated carbocycles. The van der Waals surface area contributed by atoms with Crippen LogP contribution in [0.25, 0.3) is 5.69 Å². The third-order valence-corrected chi connectivity index (χ3v) is 1.91. The van der Waals surface area contributed by atoms with Crippen LogP contribution in [-0.4, -0.2) is 16.1 Å². The van der Waals surface area contributed by atoms with Crippen molar-refractivity contribution >= 4 is 12.0 Å². The molecule has 0 fully saturated rings. The van der Waals surface area contributed by atoms with Crippen LogP contribution in [0.3, 0.4) is 0 Å². The van der Waals surface area contributed by atoms with Gasteiger partial charge in [0.2, 0.25) is 0 Å². The number of nitrogen functional groups attached to an aromatic ring is 1. The normalized spacial score (nSPS) is 10.0. The van der Waals surface area contributed by atoms with Crippen LogP contribution in [-0.2, 0) is 0 Å². The average molecular weight is 187 g/mol. The van der Waals surface area contributed by atoms with E-state index in [9.17, 15) is 4.79 Å². The Balaban J connectivity index is 2.55. The quantitative estimate of drug-likeness (QED) is 0.720. The third-order valence-electron chi connectivity index (χ3n) is 1.91. The number of hydrogen-bond acceptors (Lipinski definition) is 3. The minimum Gasteiger partial charge on any atom is -0.396 e. The predicted octanol–water partition coefficient (Wildman–Crippen LogP) is 1.27. The molecule has 1 aromatic heterocycles. The fourth-order valence-corrected chi connectivity index (χ4v) is 1.26. The Morgan fingerprint density at radius 2 is 2.14 bits per heavy atom. The van der Waals surface area contributed by atoms with Gasteiger partial charge in [0, 0.05) is 5.56 Å². The van der Waals surface area contributed by atoms with Crippen molar-refractivity contribution in [2.45, 2.75) is 0 Å². The summed E-state index contributed by atoms with van der Waals surface area (Å²) in [5, 5.41) is 4.03. The summed E-state index contributed by atoms with van der Waals surface area (Å²) in [7, 11) is 0. The zero-order valence-electron chi connectivity index (χ0n) is 7.42. The number of nitrogens with zero attached hydrogens (tertiary/aromatic N) is 2. The number of aldehydes is 1. The second kappa shape index (κ2) is 3.33. The van der Waals surface area contributed by atoms with Crippen LogP contribution in [0.15, 0.2) is 36.7 Å². The summed E-state index contributed by atoms with van der Waals surface area (Å²) < 4.78 is 1.58. The molecule has 0 aliphatic rings. The summed E-state index contributed by atoms with van der Waals surface area (Å²) in [6.45, 7) is 0. The van der Waals surface area contributed by atoms with Crippen LogP contribution in [0.5, 0.6) is 0 Å². The minimum absolute atomic E-state index is 0.575. The molecule has 70 valence electrons. The highest BCUT2D eigenvalue weighted by molar-refractivity contribution is 5.80. The summed E-state index contributed by atoms with van der Waals surface area (Å²) in [5.41, 5.74) is 7.44. The maximum Gasteiger partial charge on any atom is 0.152 e. The maximum absolute atomic E-state index is 10.7. The van der Waals surface area contributed by atoms with Gasteiger partial charge in [0.1, 0.15) is 0 Å². The van der Waals surface area contributed by atoms with E-state index in [1.54, 1.807) is 29.2 Å². The first-order valence-corrected chi connectivity index (χ1v) is 4.16. The van der Waals surface area contributed by atoms with Crippen molar-refractivity contribution in [1.82, 2.24) is 9.78 Å². The van der Waals surface area contributed by atoms with E-state index < -0.39 is 0 Å². The molecule has 0 radical (unpaired) electrons. The summed E-state index contributed by atoms with van der Waals surface area (Å²) in [4.78, 5) is 10.7. The van der Waals surface area contributed by atoms with Gasteiger partial charge in [-0.05, 0) is 12.1 Å². The van der Waals surface area contributed by atoms with Gasteiger partial charge in [-0.15, -0.1) is 0 Å². The zero-order valence-corrected chi connectivity index (χ0v) is 7.42. The van der Waals surface area contributed by atoms with E-state index in [1.807, 2.05) is 12.1 Å². The van der Waals surface area contributed by atoms with Crippen molar-refractivity contribution in [1.29, 1.82) is 0 Å². The average Bonchev–Trinajstić information content (AvgIpc) is 2.65. The molecule has 0 unspecified atom stereocenters. The predicted molar refractivity (Wildman–Crippen MR) is 53.4 cm³/mol. The van der Waals surface area contributed by atoms with Crippen LogP contribution in [0.4, 0.5) is 5.69 Å². The lowest BCUT2D eigenvalue weighted by Gasteiger charge is -2.02. The highest BCUT2D eigenvalue weighted by atomic mass is 16.1. The Morgan fingerprint density at radius 3 is 2.79 bits per heavy atom. The Labute approximate surface area is 81.0 Å². The second-order valence-electron chi connectivity index (χ2n) is 2.89. The molecule has 0 saturated heterocycles. The number of nitrogens with two attached hydrogens (primary N) is 1. The van der Waals surface area contributed by atoms with Crippen molar-refractivity contribution < 1.29 is 4.79 Å². The van der Waals surface area contributed by atoms with E-state index in [1.165, 1.54) is 0 Å². The largest absolute Gasteiger partial charge is 0.396 e. The molecule has 0 atom stereocenters. The molecule has 4 nitrogen and oxygen atoms in total. The summed E-state index contributed by atoms with van der Waals surface area (Å²) in [6.07, 6.45) is 4.01. The highest BCUT2D eigenvalue weighted by Crippen LogP contribution is 2.12. The number of anilines is 1. The van der Waals surface area contributed by atoms with Gasteiger partial charge >= 0.3 is 0 Å². The fraction of sp³-hybridized carbons (Fsp3) is 0. The lowest BCUT2D eigenvalue weighted by molar-refractivity contribution is 0.112. The molecule has 2 N–H and O–H groups in total. The number of benzene rings is 1. The topological polar surface area (TPSA) is 60.9 Å². The molecule has 0 spiro atoms. The molecular formula is C10H9N3O. The van der Waals surface area contributed by atoms with Gasteiger partial charge in [-0.1, -0.05) is 12.1 Å². The lowest BCUT2D eigenvalue weighted by Crippen LogP contribution is -1.98. The molecule has 0 amide bonds. The Kier molecular flexibility index (Phi) is 2.02. The highest BCUT2D eigenvalue weighted by Gasteiger charge is 2.03. The van der Waals surface area contributed by atoms with E-state index in [0.717, 1.165) is 12.0 Å². The van der Waals surface area contributed by atoms with Crippen LogP contribution >= 0.6 is 0 Å². The maximum atomic E-state index is 10.7. The smallest absolute Gasteiger partial charge is 0.152 e. The van der Waals surface area contributed by atoms with Crippen molar-refractivity contribution in [3.05, 3.63) is 42.2 Å². The molecule has 1 aromatic carbocycles. The first-order chi connectivity index (χ1) is 6.81. The summed E-state index contributed by atoms with van der Waals surface area (Å²) in [6, 6.07) is 7.21. The minimum atomic E-state index is 0.575. The van der Waals surface area contributed by atoms with Crippen LogP contribution in [0.2, 0.25) is 0 Å². The first-order valence-electron chi connectivity index (χ1n) is 4.16. The number of carbonyl (C=O) groups excluding carboxylic acids is 1. The van der Waals surface area contributed by atoms with E-state index >= 15 is 0 Å². The third kappa shape index (κ3) is 1.37. The number of para-hydroxylation sites is 1. The van der Waals surface area contributed by atoms with Gasteiger partial charge in [0.05, 0.1) is 23.8 Å². The van der Waals surface area contributed by atoms with Gasteiger partial charge < -0.3 is 5.73 Å². The van der Waals surface area contributed by atoms with E-state index in [4.69, 9.17) is 5.73 Å². The van der Waals surface area contributed by atoms with E-state index in [2.05, 4.69) is 5.10 Å².